The fraction of sp³-hybridized carbons (Fsp3) is 1.00. The van der Waals surface area contributed by atoms with Gasteiger partial charge in [0.15, 0.2) is 0 Å². The third-order valence-corrected chi connectivity index (χ3v) is 4.69. The Morgan fingerprint density at radius 1 is 1.32 bits per heavy atom. The first-order valence-electron chi connectivity index (χ1n) is 8.13. The molecule has 4 heteroatoms. The van der Waals surface area contributed by atoms with E-state index in [0.29, 0.717) is 6.04 Å². The molecule has 1 aliphatic heterocycles. The number of hydrogen-bond donors (Lipinski definition) is 2. The van der Waals surface area contributed by atoms with E-state index in [2.05, 4.69) is 17.2 Å². The van der Waals surface area contributed by atoms with E-state index in [0.717, 1.165) is 25.6 Å². The summed E-state index contributed by atoms with van der Waals surface area (Å²) in [5.74, 6) is 6.64. The molecule has 0 aromatic heterocycles. The molecule has 0 radical (unpaired) electrons. The maximum absolute atomic E-state index is 5.96. The van der Waals surface area contributed by atoms with Crippen LogP contribution in [0.5, 0.6) is 0 Å². The van der Waals surface area contributed by atoms with Crippen LogP contribution in [0.25, 0.3) is 0 Å². The summed E-state index contributed by atoms with van der Waals surface area (Å²) in [6, 6.07) is 0.322. The van der Waals surface area contributed by atoms with Crippen LogP contribution in [-0.4, -0.2) is 43.3 Å². The van der Waals surface area contributed by atoms with Gasteiger partial charge in [-0.1, -0.05) is 39.0 Å². The highest BCUT2D eigenvalue weighted by molar-refractivity contribution is 4.84. The average Bonchev–Trinajstić information content (AvgIpc) is 2.46. The lowest BCUT2D eigenvalue weighted by atomic mass is 9.83. The molecule has 0 aromatic carbocycles. The SMILES string of the molecule is CCCN1CCOC(C(CC2CCCCC2)NN)C1. The summed E-state index contributed by atoms with van der Waals surface area (Å²) in [5.41, 5.74) is 3.03. The second-order valence-corrected chi connectivity index (χ2v) is 6.22. The minimum absolute atomic E-state index is 0.271. The van der Waals surface area contributed by atoms with Crippen molar-refractivity contribution in [2.45, 2.75) is 64.0 Å². The van der Waals surface area contributed by atoms with E-state index in [9.17, 15) is 0 Å². The summed E-state index contributed by atoms with van der Waals surface area (Å²) >= 11 is 0. The third-order valence-electron chi connectivity index (χ3n) is 4.69. The Morgan fingerprint density at radius 3 is 2.79 bits per heavy atom. The molecule has 19 heavy (non-hydrogen) atoms. The van der Waals surface area contributed by atoms with Crippen LogP contribution < -0.4 is 11.3 Å². The molecule has 1 heterocycles. The lowest BCUT2D eigenvalue weighted by Gasteiger charge is -2.38. The van der Waals surface area contributed by atoms with Crippen LogP contribution in [-0.2, 0) is 4.74 Å². The van der Waals surface area contributed by atoms with Crippen LogP contribution in [0, 0.1) is 5.92 Å². The van der Waals surface area contributed by atoms with Crippen LogP contribution >= 0.6 is 0 Å². The van der Waals surface area contributed by atoms with Crippen molar-refractivity contribution in [2.24, 2.45) is 11.8 Å². The molecule has 1 saturated carbocycles. The number of nitrogens with zero attached hydrogens (tertiary/aromatic N) is 1. The van der Waals surface area contributed by atoms with Gasteiger partial charge in [0.25, 0.3) is 0 Å². The molecule has 0 amide bonds. The van der Waals surface area contributed by atoms with Crippen molar-refractivity contribution in [1.29, 1.82) is 0 Å². The summed E-state index contributed by atoms with van der Waals surface area (Å²) in [6.45, 7) is 6.39. The molecule has 1 saturated heterocycles. The minimum atomic E-state index is 0.271. The Bertz CT molecular complexity index is 242. The van der Waals surface area contributed by atoms with Crippen LogP contribution in [0.4, 0.5) is 0 Å². The molecule has 4 nitrogen and oxygen atoms in total. The highest BCUT2D eigenvalue weighted by atomic mass is 16.5. The number of ether oxygens (including phenoxy) is 1. The molecule has 2 rings (SSSR count). The molecule has 2 aliphatic rings. The van der Waals surface area contributed by atoms with Gasteiger partial charge in [-0.3, -0.25) is 16.2 Å². The monoisotopic (exact) mass is 269 g/mol. The lowest BCUT2D eigenvalue weighted by Crippen LogP contribution is -2.54. The molecular weight excluding hydrogens is 238 g/mol. The maximum atomic E-state index is 5.96. The van der Waals surface area contributed by atoms with Crippen molar-refractivity contribution in [3.63, 3.8) is 0 Å². The zero-order valence-electron chi connectivity index (χ0n) is 12.4. The second kappa shape index (κ2) is 8.20. The van der Waals surface area contributed by atoms with E-state index < -0.39 is 0 Å². The predicted molar refractivity (Wildman–Crippen MR) is 78.8 cm³/mol. The number of morpholine rings is 1. The first kappa shape index (κ1) is 15.2. The molecule has 0 spiro atoms. The van der Waals surface area contributed by atoms with Gasteiger partial charge in [0, 0.05) is 19.1 Å². The quantitative estimate of drug-likeness (QED) is 0.571. The van der Waals surface area contributed by atoms with Crippen molar-refractivity contribution in [1.82, 2.24) is 10.3 Å². The van der Waals surface area contributed by atoms with Crippen molar-refractivity contribution >= 4 is 0 Å². The Morgan fingerprint density at radius 2 is 2.11 bits per heavy atom. The summed E-state index contributed by atoms with van der Waals surface area (Å²) in [5, 5.41) is 0. The Balaban J connectivity index is 1.81. The Hall–Kier alpha value is -0.160. The first-order valence-corrected chi connectivity index (χ1v) is 8.13. The molecular formula is C15H31N3O. The number of nitrogens with one attached hydrogen (secondary N) is 1. The minimum Gasteiger partial charge on any atom is -0.374 e. The molecule has 3 N–H and O–H groups in total. The lowest BCUT2D eigenvalue weighted by molar-refractivity contribution is -0.0507. The van der Waals surface area contributed by atoms with Crippen LogP contribution in [0.2, 0.25) is 0 Å². The van der Waals surface area contributed by atoms with Gasteiger partial charge in [0.2, 0.25) is 0 Å². The van der Waals surface area contributed by atoms with Crippen molar-refractivity contribution in [2.75, 3.05) is 26.2 Å². The van der Waals surface area contributed by atoms with E-state index in [1.165, 1.54) is 51.5 Å². The van der Waals surface area contributed by atoms with Gasteiger partial charge in [-0.25, -0.2) is 0 Å². The van der Waals surface area contributed by atoms with Gasteiger partial charge >= 0.3 is 0 Å². The molecule has 2 atom stereocenters. The maximum Gasteiger partial charge on any atom is 0.0868 e. The molecule has 2 unspecified atom stereocenters. The summed E-state index contributed by atoms with van der Waals surface area (Å²) in [4.78, 5) is 2.51. The van der Waals surface area contributed by atoms with Gasteiger partial charge in [-0.05, 0) is 25.3 Å². The van der Waals surface area contributed by atoms with Crippen molar-refractivity contribution in [3.05, 3.63) is 0 Å². The predicted octanol–water partition coefficient (Wildman–Crippen LogP) is 1.90. The van der Waals surface area contributed by atoms with E-state index in [1.807, 2.05) is 0 Å². The number of rotatable bonds is 6. The third kappa shape index (κ3) is 4.71. The summed E-state index contributed by atoms with van der Waals surface area (Å²) < 4.78 is 5.96. The standard InChI is InChI=1S/C15H31N3O/c1-2-8-18-9-10-19-15(12-18)14(17-16)11-13-6-4-3-5-7-13/h13-15,17H,2-12,16H2,1H3. The van der Waals surface area contributed by atoms with Crippen LogP contribution in [0.1, 0.15) is 51.9 Å². The zero-order chi connectivity index (χ0) is 13.5. The molecule has 0 aromatic rings. The molecule has 2 fully saturated rings. The number of hydrogen-bond acceptors (Lipinski definition) is 4. The Labute approximate surface area is 118 Å². The van der Waals surface area contributed by atoms with Gasteiger partial charge in [0.05, 0.1) is 12.7 Å². The largest absolute Gasteiger partial charge is 0.374 e. The average molecular weight is 269 g/mol. The highest BCUT2D eigenvalue weighted by Gasteiger charge is 2.29. The first-order chi connectivity index (χ1) is 9.33. The Kier molecular flexibility index (Phi) is 6.57. The van der Waals surface area contributed by atoms with Gasteiger partial charge < -0.3 is 4.74 Å². The smallest absolute Gasteiger partial charge is 0.0868 e. The summed E-state index contributed by atoms with van der Waals surface area (Å²) in [6.07, 6.45) is 9.64. The van der Waals surface area contributed by atoms with E-state index in [-0.39, 0.29) is 6.10 Å². The van der Waals surface area contributed by atoms with Gasteiger partial charge in [0.1, 0.15) is 0 Å². The zero-order valence-corrected chi connectivity index (χ0v) is 12.4. The van der Waals surface area contributed by atoms with Gasteiger partial charge in [-0.15, -0.1) is 0 Å². The fourth-order valence-corrected chi connectivity index (χ4v) is 3.60. The second-order valence-electron chi connectivity index (χ2n) is 6.22. The van der Waals surface area contributed by atoms with E-state index in [4.69, 9.17) is 10.6 Å². The van der Waals surface area contributed by atoms with E-state index in [1.54, 1.807) is 0 Å². The van der Waals surface area contributed by atoms with Crippen LogP contribution in [0.15, 0.2) is 0 Å². The van der Waals surface area contributed by atoms with Gasteiger partial charge in [-0.2, -0.15) is 0 Å². The molecule has 1 aliphatic carbocycles. The number of nitrogens with two attached hydrogens (primary N) is 1. The molecule has 0 bridgehead atoms. The molecule has 112 valence electrons. The van der Waals surface area contributed by atoms with Crippen LogP contribution in [0.3, 0.4) is 0 Å². The fourth-order valence-electron chi connectivity index (χ4n) is 3.60. The number of hydrazine groups is 1. The normalized spacial score (nSPS) is 28.4. The van der Waals surface area contributed by atoms with E-state index >= 15 is 0 Å². The highest BCUT2D eigenvalue weighted by Crippen LogP contribution is 2.28. The van der Waals surface area contributed by atoms with Crippen molar-refractivity contribution < 1.29 is 4.74 Å². The van der Waals surface area contributed by atoms with Crippen molar-refractivity contribution in [3.8, 4) is 0 Å². The summed E-state index contributed by atoms with van der Waals surface area (Å²) in [7, 11) is 0. The topological polar surface area (TPSA) is 50.5 Å².